The van der Waals surface area contributed by atoms with E-state index in [2.05, 4.69) is 81.6 Å². The summed E-state index contributed by atoms with van der Waals surface area (Å²) < 4.78 is 0. The molecule has 0 saturated carbocycles. The Hall–Kier alpha value is -3.75. The Bertz CT molecular complexity index is 1330. The topological polar surface area (TPSA) is 90.0 Å². The third-order valence-electron chi connectivity index (χ3n) is 7.00. The van der Waals surface area contributed by atoms with Gasteiger partial charge in [-0.15, -0.1) is 12.4 Å². The highest BCUT2D eigenvalue weighted by Crippen LogP contribution is 2.34. The average Bonchev–Trinajstić information content (AvgIpc) is 3.26. The van der Waals surface area contributed by atoms with E-state index >= 15 is 0 Å². The Kier molecular flexibility index (Phi) is 8.76. The molecule has 2 aromatic heterocycles. The van der Waals surface area contributed by atoms with Gasteiger partial charge in [0.2, 0.25) is 5.91 Å². The van der Waals surface area contributed by atoms with Gasteiger partial charge in [0.05, 0.1) is 11.7 Å². The van der Waals surface area contributed by atoms with Crippen LogP contribution in [0.1, 0.15) is 41.0 Å². The van der Waals surface area contributed by atoms with Gasteiger partial charge in [-0.1, -0.05) is 54.6 Å². The van der Waals surface area contributed by atoms with Gasteiger partial charge in [-0.05, 0) is 25.0 Å². The van der Waals surface area contributed by atoms with E-state index in [0.717, 1.165) is 60.2 Å². The van der Waals surface area contributed by atoms with Gasteiger partial charge in [-0.3, -0.25) is 19.8 Å². The van der Waals surface area contributed by atoms with Crippen molar-refractivity contribution >= 4 is 24.1 Å². The summed E-state index contributed by atoms with van der Waals surface area (Å²) in [7, 11) is 0. The zero-order valence-electron chi connectivity index (χ0n) is 22.0. The number of piperazine rings is 1. The van der Waals surface area contributed by atoms with Gasteiger partial charge in [0.15, 0.2) is 5.82 Å². The normalized spacial score (nSPS) is 14.6. The van der Waals surface area contributed by atoms with E-state index in [1.807, 2.05) is 12.1 Å². The minimum atomic E-state index is -0.0352. The van der Waals surface area contributed by atoms with Crippen LogP contribution in [0.4, 0.5) is 5.82 Å². The largest absolute Gasteiger partial charge is 0.352 e. The molecule has 38 heavy (non-hydrogen) atoms. The Morgan fingerprint density at radius 2 is 1.66 bits per heavy atom. The standard InChI is InChI=1S/C29H33N7O.ClH/c1-20-26(21(2)34-33-20)28(25-7-5-4-6-8-25)35-15-17-36(18-16-35)29-27(30-13-14-31-29)24-11-9-23(10-12-24)19-32-22(3)37;/h4-14,28H,15-19H2,1-3H3,(H,32,37)(H,33,34);1H. The summed E-state index contributed by atoms with van der Waals surface area (Å²) in [5.41, 5.74) is 7.66. The summed E-state index contributed by atoms with van der Waals surface area (Å²) in [5.74, 6) is 0.871. The zero-order valence-corrected chi connectivity index (χ0v) is 22.8. The summed E-state index contributed by atoms with van der Waals surface area (Å²) >= 11 is 0. The molecule has 3 heterocycles. The number of carbonyl (C=O) groups excluding carboxylic acids is 1. The third kappa shape index (κ3) is 5.87. The van der Waals surface area contributed by atoms with E-state index in [-0.39, 0.29) is 24.4 Å². The highest BCUT2D eigenvalue weighted by molar-refractivity contribution is 5.85. The predicted molar refractivity (Wildman–Crippen MR) is 152 cm³/mol. The van der Waals surface area contributed by atoms with Crippen molar-refractivity contribution in [2.75, 3.05) is 31.1 Å². The number of aryl methyl sites for hydroxylation is 2. The molecular formula is C29H34ClN7O. The molecule has 9 heteroatoms. The number of H-pyrrole nitrogens is 1. The molecule has 1 fully saturated rings. The number of benzene rings is 2. The van der Waals surface area contributed by atoms with Crippen LogP contribution in [0.3, 0.4) is 0 Å². The highest BCUT2D eigenvalue weighted by Gasteiger charge is 2.30. The van der Waals surface area contributed by atoms with Crippen molar-refractivity contribution in [3.05, 3.63) is 95.1 Å². The second kappa shape index (κ2) is 12.2. The number of amides is 1. The average molecular weight is 532 g/mol. The fourth-order valence-corrected chi connectivity index (χ4v) is 5.12. The van der Waals surface area contributed by atoms with Crippen LogP contribution >= 0.6 is 12.4 Å². The molecule has 8 nitrogen and oxygen atoms in total. The molecule has 0 aliphatic carbocycles. The summed E-state index contributed by atoms with van der Waals surface area (Å²) in [6.45, 7) is 9.73. The first-order chi connectivity index (χ1) is 18.0. The lowest BCUT2D eigenvalue weighted by molar-refractivity contribution is -0.119. The summed E-state index contributed by atoms with van der Waals surface area (Å²) in [6, 6.07) is 19.0. The SMILES string of the molecule is CC(=O)NCc1ccc(-c2nccnc2N2CCN(C(c3ccccc3)c3c(C)n[nH]c3C)CC2)cc1.Cl. The van der Waals surface area contributed by atoms with E-state index in [4.69, 9.17) is 9.97 Å². The molecule has 1 unspecified atom stereocenters. The number of anilines is 1. The Morgan fingerprint density at radius 3 is 2.29 bits per heavy atom. The van der Waals surface area contributed by atoms with E-state index in [1.54, 1.807) is 12.4 Å². The minimum absolute atomic E-state index is 0. The van der Waals surface area contributed by atoms with Crippen molar-refractivity contribution in [1.29, 1.82) is 0 Å². The lowest BCUT2D eigenvalue weighted by Crippen LogP contribution is -2.48. The molecule has 4 aromatic rings. The van der Waals surface area contributed by atoms with Crippen LogP contribution in [-0.4, -0.2) is 57.2 Å². The molecule has 2 N–H and O–H groups in total. The van der Waals surface area contributed by atoms with Crippen molar-refractivity contribution < 1.29 is 4.79 Å². The van der Waals surface area contributed by atoms with Crippen LogP contribution in [-0.2, 0) is 11.3 Å². The molecule has 2 aromatic carbocycles. The summed E-state index contributed by atoms with van der Waals surface area (Å²) in [6.07, 6.45) is 3.51. The van der Waals surface area contributed by atoms with Crippen LogP contribution < -0.4 is 10.2 Å². The number of halogens is 1. The van der Waals surface area contributed by atoms with Crippen molar-refractivity contribution in [1.82, 2.24) is 30.4 Å². The first-order valence-electron chi connectivity index (χ1n) is 12.7. The number of nitrogens with one attached hydrogen (secondary N) is 2. The van der Waals surface area contributed by atoms with Crippen LogP contribution in [0, 0.1) is 13.8 Å². The van der Waals surface area contributed by atoms with E-state index in [0.29, 0.717) is 6.54 Å². The first-order valence-corrected chi connectivity index (χ1v) is 12.7. The predicted octanol–water partition coefficient (Wildman–Crippen LogP) is 4.45. The first kappa shape index (κ1) is 27.3. The fraction of sp³-hybridized carbons (Fsp3) is 0.310. The summed E-state index contributed by atoms with van der Waals surface area (Å²) in [4.78, 5) is 25.5. The van der Waals surface area contributed by atoms with Crippen LogP contribution in [0.25, 0.3) is 11.3 Å². The third-order valence-corrected chi connectivity index (χ3v) is 7.00. The fourth-order valence-electron chi connectivity index (χ4n) is 5.12. The number of carbonyl (C=O) groups is 1. The van der Waals surface area contributed by atoms with Gasteiger partial charge in [-0.2, -0.15) is 5.10 Å². The number of aromatic amines is 1. The molecule has 1 atom stereocenters. The number of nitrogens with zero attached hydrogens (tertiary/aromatic N) is 5. The van der Waals surface area contributed by atoms with Crippen molar-refractivity contribution in [2.24, 2.45) is 0 Å². The molecule has 0 spiro atoms. The number of hydrogen-bond acceptors (Lipinski definition) is 6. The van der Waals surface area contributed by atoms with Crippen molar-refractivity contribution in [3.8, 4) is 11.3 Å². The molecule has 198 valence electrons. The van der Waals surface area contributed by atoms with Crippen molar-refractivity contribution in [2.45, 2.75) is 33.4 Å². The lowest BCUT2D eigenvalue weighted by Gasteiger charge is -2.40. The van der Waals surface area contributed by atoms with Gasteiger partial charge in [0, 0.05) is 68.9 Å². The maximum absolute atomic E-state index is 11.2. The Balaban J connectivity index is 0.00000336. The maximum atomic E-state index is 11.2. The Morgan fingerprint density at radius 1 is 0.974 bits per heavy atom. The Labute approximate surface area is 229 Å². The maximum Gasteiger partial charge on any atom is 0.217 e. The van der Waals surface area contributed by atoms with E-state index in [9.17, 15) is 4.79 Å². The highest BCUT2D eigenvalue weighted by atomic mass is 35.5. The van der Waals surface area contributed by atoms with Gasteiger partial charge in [-0.25, -0.2) is 4.98 Å². The second-order valence-corrected chi connectivity index (χ2v) is 9.52. The number of hydrogen-bond donors (Lipinski definition) is 2. The second-order valence-electron chi connectivity index (χ2n) is 9.52. The van der Waals surface area contributed by atoms with E-state index in [1.165, 1.54) is 18.1 Å². The molecule has 5 rings (SSSR count). The molecule has 1 aliphatic heterocycles. The van der Waals surface area contributed by atoms with Crippen molar-refractivity contribution in [3.63, 3.8) is 0 Å². The van der Waals surface area contributed by atoms with Gasteiger partial charge >= 0.3 is 0 Å². The molecule has 0 radical (unpaired) electrons. The molecule has 1 amide bonds. The van der Waals surface area contributed by atoms with Crippen LogP contribution in [0.5, 0.6) is 0 Å². The molecule has 1 aliphatic rings. The van der Waals surface area contributed by atoms with Gasteiger partial charge < -0.3 is 10.2 Å². The smallest absolute Gasteiger partial charge is 0.217 e. The van der Waals surface area contributed by atoms with Gasteiger partial charge in [0.25, 0.3) is 0 Å². The monoisotopic (exact) mass is 531 g/mol. The van der Waals surface area contributed by atoms with Crippen LogP contribution in [0.2, 0.25) is 0 Å². The van der Waals surface area contributed by atoms with E-state index < -0.39 is 0 Å². The van der Waals surface area contributed by atoms with Crippen LogP contribution in [0.15, 0.2) is 67.0 Å². The molecular weight excluding hydrogens is 498 g/mol. The quantitative estimate of drug-likeness (QED) is 0.366. The molecule has 0 bridgehead atoms. The lowest BCUT2D eigenvalue weighted by atomic mass is 9.95. The summed E-state index contributed by atoms with van der Waals surface area (Å²) in [5, 5.41) is 10.5. The number of rotatable bonds is 7. The van der Waals surface area contributed by atoms with Gasteiger partial charge in [0.1, 0.15) is 5.69 Å². The number of aromatic nitrogens is 4. The zero-order chi connectivity index (χ0) is 25.8. The minimum Gasteiger partial charge on any atom is -0.352 e. The molecule has 1 saturated heterocycles.